The number of hydrogen-bond donors (Lipinski definition) is 1. The van der Waals surface area contributed by atoms with Gasteiger partial charge in [0, 0.05) is 5.54 Å². The first-order valence-corrected chi connectivity index (χ1v) is 11.3. The summed E-state index contributed by atoms with van der Waals surface area (Å²) >= 11 is 0. The molecular formula is C22H29NO3S. The van der Waals surface area contributed by atoms with Crippen LogP contribution in [-0.2, 0) is 9.84 Å². The summed E-state index contributed by atoms with van der Waals surface area (Å²) in [6.45, 7) is 4.22. The predicted octanol–water partition coefficient (Wildman–Crippen LogP) is 4.50. The van der Waals surface area contributed by atoms with E-state index in [-0.39, 0.29) is 11.8 Å². The number of methoxy groups -OCH3 is 1. The maximum absolute atomic E-state index is 13.4. The van der Waals surface area contributed by atoms with E-state index in [4.69, 9.17) is 4.74 Å². The topological polar surface area (TPSA) is 55.4 Å². The molecule has 1 aliphatic rings. The lowest BCUT2D eigenvalue weighted by Crippen LogP contribution is -2.50. The van der Waals surface area contributed by atoms with Crippen molar-refractivity contribution >= 4 is 9.84 Å². The van der Waals surface area contributed by atoms with Gasteiger partial charge in [-0.05, 0) is 36.1 Å². The van der Waals surface area contributed by atoms with Crippen molar-refractivity contribution in [1.82, 2.24) is 5.32 Å². The summed E-state index contributed by atoms with van der Waals surface area (Å²) in [5.74, 6) is 0.682. The normalized spacial score (nSPS) is 24.0. The highest BCUT2D eigenvalue weighted by atomic mass is 32.2. The quantitative estimate of drug-likeness (QED) is 0.793. The number of sulfone groups is 1. The molecule has 0 bridgehead atoms. The minimum absolute atomic E-state index is 0.111. The zero-order chi connectivity index (χ0) is 19.5. The first kappa shape index (κ1) is 19.9. The van der Waals surface area contributed by atoms with Crippen LogP contribution in [0.2, 0.25) is 0 Å². The Morgan fingerprint density at radius 2 is 1.89 bits per heavy atom. The van der Waals surface area contributed by atoms with Gasteiger partial charge in [-0.15, -0.1) is 0 Å². The van der Waals surface area contributed by atoms with Crippen LogP contribution in [0, 0.1) is 0 Å². The summed E-state index contributed by atoms with van der Waals surface area (Å²) in [6, 6.07) is 15.3. The molecule has 0 saturated carbocycles. The van der Waals surface area contributed by atoms with E-state index in [0.29, 0.717) is 10.6 Å². The monoisotopic (exact) mass is 387 g/mol. The van der Waals surface area contributed by atoms with E-state index in [0.717, 1.165) is 36.8 Å². The van der Waals surface area contributed by atoms with Gasteiger partial charge in [0.25, 0.3) is 0 Å². The van der Waals surface area contributed by atoms with Gasteiger partial charge in [0.1, 0.15) is 5.75 Å². The second-order valence-corrected chi connectivity index (χ2v) is 9.35. The fourth-order valence-corrected chi connectivity index (χ4v) is 6.12. The van der Waals surface area contributed by atoms with E-state index in [1.807, 2.05) is 30.3 Å². The van der Waals surface area contributed by atoms with Gasteiger partial charge in [0.05, 0.1) is 23.8 Å². The van der Waals surface area contributed by atoms with E-state index < -0.39 is 15.4 Å². The average Bonchev–Trinajstić information content (AvgIpc) is 2.79. The van der Waals surface area contributed by atoms with Gasteiger partial charge in [-0.2, -0.15) is 0 Å². The molecule has 3 rings (SSSR count). The molecule has 0 fully saturated rings. The maximum atomic E-state index is 13.4. The van der Waals surface area contributed by atoms with Gasteiger partial charge in [0.2, 0.25) is 0 Å². The Labute approximate surface area is 162 Å². The van der Waals surface area contributed by atoms with Crippen LogP contribution in [0.15, 0.2) is 53.4 Å². The summed E-state index contributed by atoms with van der Waals surface area (Å²) in [6.07, 6.45) is 3.65. The van der Waals surface area contributed by atoms with E-state index in [1.54, 1.807) is 13.2 Å². The lowest BCUT2D eigenvalue weighted by Gasteiger charge is -2.35. The number of ether oxygens (including phenoxy) is 1. The largest absolute Gasteiger partial charge is 0.497 e. The Balaban J connectivity index is 2.20. The molecule has 0 aliphatic carbocycles. The number of fused-ring (bicyclic) bond motifs is 1. The van der Waals surface area contributed by atoms with Gasteiger partial charge < -0.3 is 4.74 Å². The molecule has 0 unspecified atom stereocenters. The molecule has 4 nitrogen and oxygen atoms in total. The Bertz CT molecular complexity index is 880. The molecular weight excluding hydrogens is 358 g/mol. The summed E-state index contributed by atoms with van der Waals surface area (Å²) in [5.41, 5.74) is 1.44. The van der Waals surface area contributed by atoms with Gasteiger partial charge in [0.15, 0.2) is 9.84 Å². The lowest BCUT2D eigenvalue weighted by atomic mass is 9.88. The fourth-order valence-electron chi connectivity index (χ4n) is 3.97. The van der Waals surface area contributed by atoms with Crippen molar-refractivity contribution in [3.63, 3.8) is 0 Å². The number of unbranched alkanes of at least 4 members (excludes halogenated alkanes) is 1. The van der Waals surface area contributed by atoms with Crippen molar-refractivity contribution in [1.29, 1.82) is 0 Å². The van der Waals surface area contributed by atoms with E-state index in [1.165, 1.54) is 0 Å². The van der Waals surface area contributed by atoms with E-state index in [9.17, 15) is 8.42 Å². The van der Waals surface area contributed by atoms with E-state index in [2.05, 4.69) is 31.3 Å². The molecule has 0 spiro atoms. The molecule has 146 valence electrons. The Morgan fingerprint density at radius 3 is 2.52 bits per heavy atom. The number of hydrogen-bond acceptors (Lipinski definition) is 4. The SMILES string of the molecule is CCCC[C@]1(CC)CS(=O)(=O)c2cc(OC)ccc2[C@@H](c2ccccc2)N1. The molecule has 1 heterocycles. The van der Waals surface area contributed by atoms with Crippen molar-refractivity contribution in [2.45, 2.75) is 56.0 Å². The predicted molar refractivity (Wildman–Crippen MR) is 109 cm³/mol. The standard InChI is InChI=1S/C22H29NO3S/c1-4-6-14-22(5-2)16-27(24,25)20-15-18(26-3)12-13-19(20)21(23-22)17-10-8-7-9-11-17/h7-13,15,21,23H,4-6,14,16H2,1-3H3/t21-,22-/m1/s1. The van der Waals surface area contributed by atoms with Gasteiger partial charge >= 0.3 is 0 Å². The van der Waals surface area contributed by atoms with Crippen LogP contribution >= 0.6 is 0 Å². The number of benzene rings is 2. The van der Waals surface area contributed by atoms with Crippen molar-refractivity contribution in [3.05, 3.63) is 59.7 Å². The highest BCUT2D eigenvalue weighted by molar-refractivity contribution is 7.91. The Hall–Kier alpha value is -1.85. The van der Waals surface area contributed by atoms with Crippen LogP contribution in [0.25, 0.3) is 0 Å². The Kier molecular flexibility index (Phi) is 5.92. The van der Waals surface area contributed by atoms with Crippen LogP contribution in [0.3, 0.4) is 0 Å². The van der Waals surface area contributed by atoms with Crippen molar-refractivity contribution in [2.24, 2.45) is 0 Å². The third-order valence-electron chi connectivity index (χ3n) is 5.60. The molecule has 0 aromatic heterocycles. The van der Waals surface area contributed by atoms with E-state index >= 15 is 0 Å². The van der Waals surface area contributed by atoms with Crippen LogP contribution in [-0.4, -0.2) is 26.8 Å². The van der Waals surface area contributed by atoms with Crippen LogP contribution in [0.5, 0.6) is 5.75 Å². The zero-order valence-corrected chi connectivity index (χ0v) is 17.2. The van der Waals surface area contributed by atoms with Crippen molar-refractivity contribution in [3.8, 4) is 5.75 Å². The molecule has 2 aromatic carbocycles. The molecule has 0 saturated heterocycles. The lowest BCUT2D eigenvalue weighted by molar-refractivity contribution is 0.295. The highest BCUT2D eigenvalue weighted by Crippen LogP contribution is 2.39. The molecule has 27 heavy (non-hydrogen) atoms. The van der Waals surface area contributed by atoms with Crippen LogP contribution in [0.1, 0.15) is 56.7 Å². The molecule has 0 radical (unpaired) electrons. The maximum Gasteiger partial charge on any atom is 0.180 e. The van der Waals surface area contributed by atoms with Crippen molar-refractivity contribution < 1.29 is 13.2 Å². The Morgan fingerprint density at radius 1 is 1.15 bits per heavy atom. The van der Waals surface area contributed by atoms with Crippen molar-refractivity contribution in [2.75, 3.05) is 12.9 Å². The minimum atomic E-state index is -3.44. The number of rotatable bonds is 6. The highest BCUT2D eigenvalue weighted by Gasteiger charge is 2.41. The summed E-state index contributed by atoms with van der Waals surface area (Å²) < 4.78 is 32.1. The summed E-state index contributed by atoms with van der Waals surface area (Å²) in [4.78, 5) is 0.384. The molecule has 2 atom stereocenters. The summed E-state index contributed by atoms with van der Waals surface area (Å²) in [5, 5.41) is 3.76. The second kappa shape index (κ2) is 8.03. The van der Waals surface area contributed by atoms with Crippen LogP contribution in [0.4, 0.5) is 0 Å². The first-order chi connectivity index (χ1) is 12.9. The summed E-state index contributed by atoms with van der Waals surface area (Å²) in [7, 11) is -1.88. The molecule has 5 heteroatoms. The fraction of sp³-hybridized carbons (Fsp3) is 0.455. The third-order valence-corrected chi connectivity index (χ3v) is 7.56. The molecule has 1 N–H and O–H groups in total. The van der Waals surface area contributed by atoms with Gasteiger partial charge in [-0.3, -0.25) is 5.32 Å². The third kappa shape index (κ3) is 4.04. The van der Waals surface area contributed by atoms with Gasteiger partial charge in [-0.1, -0.05) is 63.1 Å². The molecule has 1 aliphatic heterocycles. The van der Waals surface area contributed by atoms with Crippen LogP contribution < -0.4 is 10.1 Å². The average molecular weight is 388 g/mol. The van der Waals surface area contributed by atoms with Gasteiger partial charge in [-0.25, -0.2) is 8.42 Å². The smallest absolute Gasteiger partial charge is 0.180 e. The first-order valence-electron chi connectivity index (χ1n) is 9.68. The minimum Gasteiger partial charge on any atom is -0.497 e. The second-order valence-electron chi connectivity index (χ2n) is 7.39. The molecule has 2 aromatic rings. The number of nitrogens with one attached hydrogen (secondary N) is 1. The molecule has 0 amide bonds. The zero-order valence-electron chi connectivity index (χ0n) is 16.4.